The number of fused-ring (bicyclic) bond motifs is 1. The molecule has 0 radical (unpaired) electrons. The van der Waals surface area contributed by atoms with Gasteiger partial charge in [0.05, 0.1) is 55.9 Å². The molecular weight excluding hydrogens is 761 g/mol. The number of hydrogen-bond acceptors (Lipinski definition) is 14. The normalized spacial score (nSPS) is 18.7. The minimum Gasteiger partial charge on any atom is -0.379 e. The molecule has 4 heterocycles. The minimum atomic E-state index is -0.813. The number of nitrogens with zero attached hydrogens (tertiary/aromatic N) is 3. The van der Waals surface area contributed by atoms with Gasteiger partial charge in [0.1, 0.15) is 5.82 Å². The zero-order valence-electron chi connectivity index (χ0n) is 31.7. The summed E-state index contributed by atoms with van der Waals surface area (Å²) in [7, 11) is 0. The maximum atomic E-state index is 12.5. The lowest BCUT2D eigenvalue weighted by Crippen LogP contribution is -2.36. The van der Waals surface area contributed by atoms with E-state index in [9.17, 15) is 28.8 Å². The van der Waals surface area contributed by atoms with E-state index in [0.717, 1.165) is 31.4 Å². The molecular formula is C38H50N8O10S. The Balaban J connectivity index is 0.791. The van der Waals surface area contributed by atoms with Crippen molar-refractivity contribution < 1.29 is 47.8 Å². The van der Waals surface area contributed by atoms with Crippen LogP contribution in [-0.4, -0.2) is 128 Å². The lowest BCUT2D eigenvalue weighted by Gasteiger charge is -2.16. The van der Waals surface area contributed by atoms with Crippen molar-refractivity contribution in [3.63, 3.8) is 0 Å². The SMILES string of the molecule is O=C(CCCC[C@H]1SC[C@H]2NC(=O)N[C@H]21)NCCCOCCOCCOCCCNC(=O)c1ccc(N/N=C/c2ccc(C(=O)ON3C(=O)CCC3=O)cc2)nc1. The predicted molar refractivity (Wildman–Crippen MR) is 209 cm³/mol. The summed E-state index contributed by atoms with van der Waals surface area (Å²) in [6.07, 6.45) is 7.66. The molecule has 6 amide bonds. The zero-order chi connectivity index (χ0) is 40.2. The molecule has 3 atom stereocenters. The molecule has 19 heteroatoms. The molecule has 5 N–H and O–H groups in total. The summed E-state index contributed by atoms with van der Waals surface area (Å²) >= 11 is 1.89. The highest BCUT2D eigenvalue weighted by Crippen LogP contribution is 2.33. The summed E-state index contributed by atoms with van der Waals surface area (Å²) in [6, 6.07) is 9.83. The van der Waals surface area contributed by atoms with E-state index in [4.69, 9.17) is 19.0 Å². The number of hydrazone groups is 1. The van der Waals surface area contributed by atoms with Gasteiger partial charge in [-0.05, 0) is 55.5 Å². The highest BCUT2D eigenvalue weighted by atomic mass is 32.2. The Kier molecular flexibility index (Phi) is 17.5. The average Bonchev–Trinajstić information content (AvgIpc) is 3.88. The molecule has 3 aliphatic rings. The van der Waals surface area contributed by atoms with Crippen molar-refractivity contribution in [1.82, 2.24) is 31.3 Å². The largest absolute Gasteiger partial charge is 0.379 e. The molecule has 5 rings (SSSR count). The van der Waals surface area contributed by atoms with Gasteiger partial charge in [0, 0.05) is 62.8 Å². The summed E-state index contributed by atoms with van der Waals surface area (Å²) in [4.78, 5) is 80.7. The van der Waals surface area contributed by atoms with Gasteiger partial charge in [-0.2, -0.15) is 16.9 Å². The number of imide groups is 1. The Morgan fingerprint density at radius 2 is 1.49 bits per heavy atom. The topological polar surface area (TPSA) is 228 Å². The number of thioether (sulfide) groups is 1. The first-order chi connectivity index (χ1) is 27.8. The van der Waals surface area contributed by atoms with E-state index in [1.54, 1.807) is 24.3 Å². The van der Waals surface area contributed by atoms with Crippen molar-refractivity contribution in [2.45, 2.75) is 68.7 Å². The molecule has 0 bridgehead atoms. The molecule has 3 saturated heterocycles. The fraction of sp³-hybridized carbons (Fsp3) is 0.526. The zero-order valence-corrected chi connectivity index (χ0v) is 32.5. The number of benzene rings is 1. The first kappa shape index (κ1) is 43.0. The maximum absolute atomic E-state index is 12.5. The number of ether oxygens (including phenoxy) is 3. The quantitative estimate of drug-likeness (QED) is 0.0319. The van der Waals surface area contributed by atoms with Crippen molar-refractivity contribution >= 4 is 59.4 Å². The standard InChI is InChI=1S/C38H50N8O10S/c47-32(6-2-1-5-30-35-29(25-57-30)43-38(52)44-35)39-15-3-17-53-19-21-55-22-20-54-18-4-16-40-36(50)28-11-12-31(41-24-28)45-42-23-26-7-9-27(10-8-26)37(51)56-46-33(48)13-14-34(46)49/h7-12,23-24,29-30,35H,1-6,13-22,25H2,(H,39,47)(H,40,50)(H,41,45)(H2,43,44,52)/b42-23+/t29-,30-,35-/m1/s1. The van der Waals surface area contributed by atoms with Crippen molar-refractivity contribution in [3.05, 3.63) is 59.3 Å². The third-order valence-electron chi connectivity index (χ3n) is 9.11. The molecule has 0 spiro atoms. The van der Waals surface area contributed by atoms with Gasteiger partial charge in [0.2, 0.25) is 5.91 Å². The minimum absolute atomic E-state index is 0.0209. The van der Waals surface area contributed by atoms with Crippen LogP contribution in [0.2, 0.25) is 0 Å². The molecule has 57 heavy (non-hydrogen) atoms. The van der Waals surface area contributed by atoms with Crippen LogP contribution >= 0.6 is 11.8 Å². The third-order valence-corrected chi connectivity index (χ3v) is 10.6. The van der Waals surface area contributed by atoms with Crippen LogP contribution in [0.4, 0.5) is 10.6 Å². The molecule has 308 valence electrons. The Bertz CT molecular complexity index is 1680. The number of aromatic nitrogens is 1. The Morgan fingerprint density at radius 1 is 0.825 bits per heavy atom. The van der Waals surface area contributed by atoms with Crippen LogP contribution in [0.1, 0.15) is 77.6 Å². The van der Waals surface area contributed by atoms with Gasteiger partial charge < -0.3 is 40.3 Å². The molecule has 3 fully saturated rings. The van der Waals surface area contributed by atoms with E-state index in [1.165, 1.54) is 24.5 Å². The summed E-state index contributed by atoms with van der Waals surface area (Å²) in [5, 5.41) is 16.8. The van der Waals surface area contributed by atoms with Crippen LogP contribution in [0.5, 0.6) is 0 Å². The van der Waals surface area contributed by atoms with E-state index < -0.39 is 17.8 Å². The monoisotopic (exact) mass is 810 g/mol. The van der Waals surface area contributed by atoms with E-state index in [0.29, 0.717) is 92.8 Å². The van der Waals surface area contributed by atoms with Gasteiger partial charge in [-0.15, -0.1) is 5.06 Å². The number of hydroxylamine groups is 2. The second kappa shape index (κ2) is 23.2. The van der Waals surface area contributed by atoms with E-state index in [-0.39, 0.29) is 48.3 Å². The van der Waals surface area contributed by atoms with E-state index >= 15 is 0 Å². The van der Waals surface area contributed by atoms with E-state index in [1.807, 2.05) is 11.8 Å². The third kappa shape index (κ3) is 14.4. The van der Waals surface area contributed by atoms with Gasteiger partial charge in [0.15, 0.2) is 0 Å². The molecule has 1 aromatic heterocycles. The summed E-state index contributed by atoms with van der Waals surface area (Å²) in [5.41, 5.74) is 4.00. The number of pyridine rings is 1. The predicted octanol–water partition coefficient (Wildman–Crippen LogP) is 2.15. The fourth-order valence-corrected chi connectivity index (χ4v) is 7.59. The Morgan fingerprint density at radius 3 is 2.18 bits per heavy atom. The molecule has 18 nitrogen and oxygen atoms in total. The summed E-state index contributed by atoms with van der Waals surface area (Å²) in [5.74, 6) is -0.743. The van der Waals surface area contributed by atoms with Crippen LogP contribution in [-0.2, 0) is 33.4 Å². The number of urea groups is 1. The summed E-state index contributed by atoms with van der Waals surface area (Å²) in [6.45, 7) is 3.79. The van der Waals surface area contributed by atoms with Crippen LogP contribution < -0.4 is 26.7 Å². The molecule has 0 unspecified atom stereocenters. The van der Waals surface area contributed by atoms with Gasteiger partial charge in [-0.25, -0.2) is 14.6 Å². The van der Waals surface area contributed by atoms with Crippen LogP contribution in [0.15, 0.2) is 47.7 Å². The summed E-state index contributed by atoms with van der Waals surface area (Å²) < 4.78 is 16.7. The van der Waals surface area contributed by atoms with Crippen molar-refractivity contribution in [3.8, 4) is 0 Å². The van der Waals surface area contributed by atoms with Crippen LogP contribution in [0.25, 0.3) is 0 Å². The van der Waals surface area contributed by atoms with Gasteiger partial charge in [0.25, 0.3) is 17.7 Å². The number of carbonyl (C=O) groups is 6. The van der Waals surface area contributed by atoms with E-state index in [2.05, 4.69) is 36.8 Å². The van der Waals surface area contributed by atoms with Gasteiger partial charge in [-0.1, -0.05) is 18.6 Å². The molecule has 1 aromatic carbocycles. The maximum Gasteiger partial charge on any atom is 0.363 e. The number of carbonyl (C=O) groups excluding carboxylic acids is 6. The van der Waals surface area contributed by atoms with Crippen LogP contribution in [0.3, 0.4) is 0 Å². The first-order valence-corrected chi connectivity index (χ1v) is 20.2. The highest BCUT2D eigenvalue weighted by Gasteiger charge is 2.42. The Labute approximate surface area is 334 Å². The highest BCUT2D eigenvalue weighted by molar-refractivity contribution is 8.00. The lowest BCUT2D eigenvalue weighted by atomic mass is 10.0. The molecule has 2 aromatic rings. The number of unbranched alkanes of at least 4 members (excludes halogenated alkanes) is 1. The number of anilines is 1. The van der Waals surface area contributed by atoms with Gasteiger partial charge >= 0.3 is 12.0 Å². The average molecular weight is 811 g/mol. The van der Waals surface area contributed by atoms with Crippen molar-refractivity contribution in [2.24, 2.45) is 5.10 Å². The second-order valence-electron chi connectivity index (χ2n) is 13.4. The van der Waals surface area contributed by atoms with Crippen LogP contribution in [0, 0.1) is 0 Å². The number of nitrogens with one attached hydrogen (secondary N) is 5. The molecule has 0 aliphatic carbocycles. The second-order valence-corrected chi connectivity index (χ2v) is 14.7. The first-order valence-electron chi connectivity index (χ1n) is 19.2. The fourth-order valence-electron chi connectivity index (χ4n) is 6.05. The number of amides is 6. The molecule has 3 aliphatic heterocycles. The Hall–Kier alpha value is -5.11. The van der Waals surface area contributed by atoms with Crippen molar-refractivity contribution in [1.29, 1.82) is 0 Å². The number of rotatable bonds is 25. The van der Waals surface area contributed by atoms with Crippen molar-refractivity contribution in [2.75, 3.05) is 63.9 Å². The number of hydrogen-bond donors (Lipinski definition) is 5. The van der Waals surface area contributed by atoms with Gasteiger partial charge in [-0.3, -0.25) is 24.6 Å². The lowest BCUT2D eigenvalue weighted by molar-refractivity contribution is -0.172. The molecule has 0 saturated carbocycles. The smallest absolute Gasteiger partial charge is 0.363 e.